The van der Waals surface area contributed by atoms with E-state index in [4.69, 9.17) is 9.47 Å². The predicted molar refractivity (Wildman–Crippen MR) is 196 cm³/mol. The van der Waals surface area contributed by atoms with Crippen LogP contribution in [0.3, 0.4) is 0 Å². The molecule has 1 amide bonds. The number of carbonyl (C=O) groups is 2. The summed E-state index contributed by atoms with van der Waals surface area (Å²) in [6, 6.07) is 24.0. The minimum absolute atomic E-state index is 0.0666. The molecule has 2 N–H and O–H groups in total. The number of carbonyl (C=O) groups excluding carboxylic acids is 2. The lowest BCUT2D eigenvalue weighted by molar-refractivity contribution is -0.0851. The molecule has 4 aliphatic rings. The van der Waals surface area contributed by atoms with Crippen LogP contribution in [0.25, 0.3) is 11.1 Å². The van der Waals surface area contributed by atoms with Crippen LogP contribution in [0.4, 0.5) is 4.79 Å². The zero-order chi connectivity index (χ0) is 35.3. The summed E-state index contributed by atoms with van der Waals surface area (Å²) >= 11 is 0. The first-order valence-electron chi connectivity index (χ1n) is 18.5. The molecule has 1 saturated carbocycles. The molecule has 7 heteroatoms. The number of aliphatic hydroxyl groups excluding tert-OH is 1. The Hall–Kier alpha value is -3.78. The van der Waals surface area contributed by atoms with Gasteiger partial charge < -0.3 is 24.6 Å². The smallest absolute Gasteiger partial charge is 0.409 e. The van der Waals surface area contributed by atoms with Gasteiger partial charge in [0.1, 0.15) is 0 Å². The van der Waals surface area contributed by atoms with Crippen molar-refractivity contribution in [2.45, 2.75) is 102 Å². The number of ketones is 1. The van der Waals surface area contributed by atoms with Crippen molar-refractivity contribution in [3.8, 4) is 11.1 Å². The van der Waals surface area contributed by atoms with E-state index in [0.29, 0.717) is 56.4 Å². The van der Waals surface area contributed by atoms with Crippen molar-refractivity contribution < 1.29 is 29.3 Å². The van der Waals surface area contributed by atoms with Crippen LogP contribution in [0.1, 0.15) is 105 Å². The molecule has 2 bridgehead atoms. The maximum atomic E-state index is 14.5. The average Bonchev–Trinajstić information content (AvgIpc) is 3.72. The first-order chi connectivity index (χ1) is 24.1. The van der Waals surface area contributed by atoms with Gasteiger partial charge in [0.25, 0.3) is 0 Å². The number of benzene rings is 3. The average molecular weight is 680 g/mol. The lowest BCUT2D eigenvalue weighted by Gasteiger charge is -2.46. The SMILES string of the molecule is CCOC(=O)N(CC1CCCO1)CC1(O)CCC2c3ccc(cc3C(=O)c3ccc(-c4ccccc4)cc3)CC(O)CCC(C)=CCCC21C. The Bertz CT molecular complexity index is 1660. The second-order valence-electron chi connectivity index (χ2n) is 14.9. The van der Waals surface area contributed by atoms with Crippen LogP contribution >= 0.6 is 0 Å². The summed E-state index contributed by atoms with van der Waals surface area (Å²) in [5.41, 5.74) is 4.51. The zero-order valence-corrected chi connectivity index (χ0v) is 29.9. The van der Waals surface area contributed by atoms with Gasteiger partial charge in [-0.3, -0.25) is 4.79 Å². The molecule has 0 aromatic heterocycles. The second-order valence-corrected chi connectivity index (χ2v) is 14.9. The Morgan fingerprint density at radius 2 is 1.74 bits per heavy atom. The molecular formula is C43H53NO6. The van der Waals surface area contributed by atoms with E-state index in [1.54, 1.807) is 11.8 Å². The fraction of sp³-hybridized carbons (Fsp3) is 0.488. The Morgan fingerprint density at radius 1 is 0.980 bits per heavy atom. The molecule has 50 heavy (non-hydrogen) atoms. The number of allylic oxidation sites excluding steroid dienone is 2. The van der Waals surface area contributed by atoms with Crippen molar-refractivity contribution in [2.24, 2.45) is 5.41 Å². The normalized spacial score (nSPS) is 26.9. The Balaban J connectivity index is 1.39. The predicted octanol–water partition coefficient (Wildman–Crippen LogP) is 8.26. The summed E-state index contributed by atoms with van der Waals surface area (Å²) < 4.78 is 11.4. The van der Waals surface area contributed by atoms with Gasteiger partial charge >= 0.3 is 6.09 Å². The minimum Gasteiger partial charge on any atom is -0.450 e. The van der Waals surface area contributed by atoms with Gasteiger partial charge in [-0.1, -0.05) is 85.3 Å². The number of amides is 1. The summed E-state index contributed by atoms with van der Waals surface area (Å²) in [5, 5.41) is 23.8. The zero-order valence-electron chi connectivity index (χ0n) is 29.9. The number of aliphatic hydroxyl groups is 2. The number of fused-ring (bicyclic) bond motifs is 8. The third kappa shape index (κ3) is 7.75. The first kappa shape index (κ1) is 36.0. The number of hydrogen-bond donors (Lipinski definition) is 2. The van der Waals surface area contributed by atoms with Crippen LogP contribution in [0.5, 0.6) is 0 Å². The van der Waals surface area contributed by atoms with Gasteiger partial charge in [-0.15, -0.1) is 0 Å². The van der Waals surface area contributed by atoms with E-state index >= 15 is 0 Å². The lowest BCUT2D eigenvalue weighted by atomic mass is 9.64. The molecule has 1 saturated heterocycles. The van der Waals surface area contributed by atoms with E-state index in [0.717, 1.165) is 47.9 Å². The highest BCUT2D eigenvalue weighted by atomic mass is 16.6. The van der Waals surface area contributed by atoms with E-state index in [-0.39, 0.29) is 31.0 Å². The van der Waals surface area contributed by atoms with E-state index < -0.39 is 23.2 Å². The quantitative estimate of drug-likeness (QED) is 0.184. The Morgan fingerprint density at radius 3 is 2.46 bits per heavy atom. The van der Waals surface area contributed by atoms with E-state index in [1.165, 1.54) is 5.57 Å². The molecule has 7 rings (SSSR count). The molecule has 5 unspecified atom stereocenters. The van der Waals surface area contributed by atoms with Crippen LogP contribution in [0.2, 0.25) is 0 Å². The fourth-order valence-corrected chi connectivity index (χ4v) is 8.57. The second kappa shape index (κ2) is 15.6. The van der Waals surface area contributed by atoms with E-state index in [1.807, 2.05) is 54.6 Å². The molecule has 5 atom stereocenters. The summed E-state index contributed by atoms with van der Waals surface area (Å²) in [4.78, 5) is 29.5. The highest BCUT2D eigenvalue weighted by molar-refractivity contribution is 6.10. The van der Waals surface area contributed by atoms with Crippen LogP contribution in [0, 0.1) is 5.41 Å². The maximum absolute atomic E-state index is 14.5. The van der Waals surface area contributed by atoms with Gasteiger partial charge in [0, 0.05) is 23.1 Å². The van der Waals surface area contributed by atoms with Crippen molar-refractivity contribution >= 4 is 11.9 Å². The third-order valence-electron chi connectivity index (χ3n) is 11.6. The van der Waals surface area contributed by atoms with Crippen molar-refractivity contribution in [3.05, 3.63) is 107 Å². The van der Waals surface area contributed by atoms with Crippen molar-refractivity contribution in [3.63, 3.8) is 0 Å². The van der Waals surface area contributed by atoms with Gasteiger partial charge in [-0.25, -0.2) is 4.79 Å². The van der Waals surface area contributed by atoms with Gasteiger partial charge in [0.05, 0.1) is 37.5 Å². The Kier molecular flexibility index (Phi) is 11.3. The van der Waals surface area contributed by atoms with Gasteiger partial charge in [0.2, 0.25) is 0 Å². The molecule has 3 aromatic carbocycles. The van der Waals surface area contributed by atoms with Gasteiger partial charge in [-0.05, 0) is 106 Å². The highest BCUT2D eigenvalue weighted by Gasteiger charge is 2.58. The largest absolute Gasteiger partial charge is 0.450 e. The summed E-state index contributed by atoms with van der Waals surface area (Å²) in [7, 11) is 0. The number of nitrogens with zero attached hydrogens (tertiary/aromatic N) is 1. The van der Waals surface area contributed by atoms with E-state index in [9.17, 15) is 19.8 Å². The van der Waals surface area contributed by atoms with Crippen molar-refractivity contribution in [1.82, 2.24) is 4.90 Å². The third-order valence-corrected chi connectivity index (χ3v) is 11.6. The van der Waals surface area contributed by atoms with Crippen LogP contribution in [-0.2, 0) is 15.9 Å². The molecule has 1 heterocycles. The molecule has 3 aliphatic carbocycles. The maximum Gasteiger partial charge on any atom is 0.409 e. The molecule has 0 radical (unpaired) electrons. The summed E-state index contributed by atoms with van der Waals surface area (Å²) in [5.74, 6) is -0.208. The van der Waals surface area contributed by atoms with Gasteiger partial charge in [0.15, 0.2) is 5.78 Å². The number of ether oxygens (including phenoxy) is 2. The van der Waals surface area contributed by atoms with Crippen molar-refractivity contribution in [2.75, 3.05) is 26.3 Å². The summed E-state index contributed by atoms with van der Waals surface area (Å²) in [6.45, 7) is 7.49. The summed E-state index contributed by atoms with van der Waals surface area (Å²) in [6.07, 6.45) is 7.47. The van der Waals surface area contributed by atoms with Crippen LogP contribution in [-0.4, -0.2) is 71.1 Å². The molecular weight excluding hydrogens is 626 g/mol. The minimum atomic E-state index is -1.23. The highest BCUT2D eigenvalue weighted by Crippen LogP contribution is 2.59. The van der Waals surface area contributed by atoms with Crippen LogP contribution in [0.15, 0.2) is 84.4 Å². The molecule has 1 aliphatic heterocycles. The van der Waals surface area contributed by atoms with E-state index in [2.05, 4.69) is 38.1 Å². The Labute approximate surface area is 297 Å². The number of hydrogen-bond acceptors (Lipinski definition) is 6. The first-order valence-corrected chi connectivity index (χ1v) is 18.5. The van der Waals surface area contributed by atoms with Crippen LogP contribution < -0.4 is 0 Å². The molecule has 2 fully saturated rings. The monoisotopic (exact) mass is 679 g/mol. The molecule has 3 aromatic rings. The van der Waals surface area contributed by atoms with Gasteiger partial charge in [-0.2, -0.15) is 0 Å². The number of rotatable bonds is 8. The standard InChI is InChI=1S/C43H53NO6/c1-4-49-41(47)44(28-36-13-9-25-50-36)29-43(48)24-22-39-37-21-15-31(26-35(45)20-14-30(2)10-8-23-42(39,43)3)27-38(37)40(46)34-18-16-33(17-19-34)32-11-6-5-7-12-32/h5-7,10-12,15-19,21,27,35-36,39,45,48H,4,8-9,13-14,20,22-26,28-29H2,1-3H3. The molecule has 0 spiro atoms. The lowest BCUT2D eigenvalue weighted by Crippen LogP contribution is -2.55. The topological polar surface area (TPSA) is 96.3 Å². The molecule has 7 nitrogen and oxygen atoms in total. The molecule has 266 valence electrons. The fourth-order valence-electron chi connectivity index (χ4n) is 8.57. The van der Waals surface area contributed by atoms with Crippen molar-refractivity contribution in [1.29, 1.82) is 0 Å².